The van der Waals surface area contributed by atoms with Gasteiger partial charge in [-0.05, 0) is 42.0 Å². The normalized spacial score (nSPS) is 10.5. The van der Waals surface area contributed by atoms with E-state index in [-0.39, 0.29) is 0 Å². The number of hydrogen-bond donors (Lipinski definition) is 0. The monoisotopic (exact) mass is 323 g/mol. The second kappa shape index (κ2) is 6.03. The Balaban J connectivity index is 1.71. The topological polar surface area (TPSA) is 61.2 Å². The Labute approximate surface area is 144 Å². The highest BCUT2D eigenvalue weighted by Gasteiger charge is 2.11. The van der Waals surface area contributed by atoms with Crippen LogP contribution in [-0.2, 0) is 6.61 Å². The molecular formula is C21H13N3O. The fourth-order valence-electron chi connectivity index (χ4n) is 3.02. The Bertz CT molecular complexity index is 1180. The largest absolute Gasteiger partial charge is 0.489 e. The molecule has 25 heavy (non-hydrogen) atoms. The quantitative estimate of drug-likeness (QED) is 0.561. The van der Waals surface area contributed by atoms with Crippen LogP contribution in [0, 0.1) is 22.7 Å². The Morgan fingerprint density at radius 3 is 2.64 bits per heavy atom. The maximum atomic E-state index is 9.47. The third-order valence-corrected chi connectivity index (χ3v) is 4.19. The van der Waals surface area contributed by atoms with Crippen LogP contribution in [0.1, 0.15) is 16.7 Å². The standard InChI is InChI=1S/C21H13N3O/c22-12-15-4-3-5-16(10-15)14-25-17-7-8-18-19(13-23)20-6-1-2-9-24(20)21(18)11-17/h1-11H,14H2. The van der Waals surface area contributed by atoms with Gasteiger partial charge in [-0.15, -0.1) is 0 Å². The third kappa shape index (κ3) is 2.56. The number of aromatic nitrogens is 1. The molecule has 4 aromatic rings. The molecule has 118 valence electrons. The Kier molecular flexibility index (Phi) is 3.57. The van der Waals surface area contributed by atoms with Crippen molar-refractivity contribution in [2.75, 3.05) is 0 Å². The molecule has 0 N–H and O–H groups in total. The summed E-state index contributed by atoms with van der Waals surface area (Å²) in [6.07, 6.45) is 1.94. The molecule has 2 aromatic heterocycles. The van der Waals surface area contributed by atoms with Gasteiger partial charge in [-0.3, -0.25) is 0 Å². The van der Waals surface area contributed by atoms with Gasteiger partial charge in [0.15, 0.2) is 0 Å². The zero-order valence-electron chi connectivity index (χ0n) is 13.3. The number of fused-ring (bicyclic) bond motifs is 3. The van der Waals surface area contributed by atoms with Gasteiger partial charge in [0, 0.05) is 17.6 Å². The van der Waals surface area contributed by atoms with Crippen LogP contribution in [0.3, 0.4) is 0 Å². The minimum atomic E-state index is 0.384. The van der Waals surface area contributed by atoms with E-state index in [1.54, 1.807) is 6.07 Å². The first-order valence-corrected chi connectivity index (χ1v) is 7.85. The molecule has 4 heteroatoms. The van der Waals surface area contributed by atoms with E-state index in [1.807, 2.05) is 65.2 Å². The van der Waals surface area contributed by atoms with Crippen molar-refractivity contribution in [3.63, 3.8) is 0 Å². The number of nitriles is 2. The number of ether oxygens (including phenoxy) is 1. The summed E-state index contributed by atoms with van der Waals surface area (Å²) in [5.41, 5.74) is 4.06. The molecule has 0 atom stereocenters. The second-order valence-corrected chi connectivity index (χ2v) is 5.72. The van der Waals surface area contributed by atoms with Crippen LogP contribution in [0.4, 0.5) is 0 Å². The van der Waals surface area contributed by atoms with Crippen molar-refractivity contribution < 1.29 is 4.74 Å². The molecule has 0 aliphatic rings. The van der Waals surface area contributed by atoms with E-state index in [4.69, 9.17) is 10.00 Å². The van der Waals surface area contributed by atoms with Gasteiger partial charge < -0.3 is 9.14 Å². The lowest BCUT2D eigenvalue weighted by Crippen LogP contribution is -1.96. The summed E-state index contributed by atoms with van der Waals surface area (Å²) >= 11 is 0. The zero-order valence-corrected chi connectivity index (χ0v) is 13.3. The van der Waals surface area contributed by atoms with Gasteiger partial charge in [0.2, 0.25) is 0 Å². The van der Waals surface area contributed by atoms with Gasteiger partial charge in [0.1, 0.15) is 18.4 Å². The van der Waals surface area contributed by atoms with Gasteiger partial charge in [-0.25, -0.2) is 0 Å². The van der Waals surface area contributed by atoms with Crippen LogP contribution >= 0.6 is 0 Å². The molecule has 0 amide bonds. The van der Waals surface area contributed by atoms with E-state index < -0.39 is 0 Å². The number of rotatable bonds is 3. The highest BCUT2D eigenvalue weighted by atomic mass is 16.5. The molecule has 2 heterocycles. The zero-order chi connectivity index (χ0) is 17.2. The minimum Gasteiger partial charge on any atom is -0.489 e. The first-order chi connectivity index (χ1) is 12.3. The van der Waals surface area contributed by atoms with Crippen molar-refractivity contribution in [2.45, 2.75) is 6.61 Å². The lowest BCUT2D eigenvalue weighted by atomic mass is 10.1. The molecule has 0 spiro atoms. The van der Waals surface area contributed by atoms with Crippen LogP contribution in [-0.4, -0.2) is 4.40 Å². The molecule has 0 saturated carbocycles. The number of pyridine rings is 1. The average Bonchev–Trinajstić information content (AvgIpc) is 2.99. The van der Waals surface area contributed by atoms with Crippen LogP contribution in [0.15, 0.2) is 66.9 Å². The first-order valence-electron chi connectivity index (χ1n) is 7.85. The molecule has 0 fully saturated rings. The number of benzene rings is 2. The summed E-state index contributed by atoms with van der Waals surface area (Å²) in [5, 5.41) is 19.4. The van der Waals surface area contributed by atoms with Crippen molar-refractivity contribution in [1.82, 2.24) is 4.40 Å². The molecule has 0 aliphatic carbocycles. The van der Waals surface area contributed by atoms with Crippen molar-refractivity contribution in [3.8, 4) is 17.9 Å². The van der Waals surface area contributed by atoms with E-state index in [1.165, 1.54) is 0 Å². The third-order valence-electron chi connectivity index (χ3n) is 4.19. The molecule has 4 nitrogen and oxygen atoms in total. The van der Waals surface area contributed by atoms with Gasteiger partial charge in [-0.2, -0.15) is 10.5 Å². The second-order valence-electron chi connectivity index (χ2n) is 5.72. The molecule has 0 radical (unpaired) electrons. The van der Waals surface area contributed by atoms with Gasteiger partial charge in [-0.1, -0.05) is 18.2 Å². The summed E-state index contributed by atoms with van der Waals surface area (Å²) in [4.78, 5) is 0. The smallest absolute Gasteiger partial charge is 0.121 e. The summed E-state index contributed by atoms with van der Waals surface area (Å²) < 4.78 is 7.88. The average molecular weight is 323 g/mol. The molecule has 0 unspecified atom stereocenters. The number of hydrogen-bond acceptors (Lipinski definition) is 3. The van der Waals surface area contributed by atoms with Gasteiger partial charge in [0.25, 0.3) is 0 Å². The molecule has 2 aromatic carbocycles. The summed E-state index contributed by atoms with van der Waals surface area (Å²) in [7, 11) is 0. The van der Waals surface area contributed by atoms with Crippen molar-refractivity contribution in [1.29, 1.82) is 10.5 Å². The number of nitrogens with zero attached hydrogens (tertiary/aromatic N) is 3. The highest BCUT2D eigenvalue weighted by molar-refractivity contribution is 5.95. The van der Waals surface area contributed by atoms with Crippen molar-refractivity contribution in [3.05, 3.63) is 83.6 Å². The SMILES string of the molecule is N#Cc1cccc(COc2ccc3c(C#N)c4ccccn4c3c2)c1. The predicted molar refractivity (Wildman–Crippen MR) is 95.1 cm³/mol. The fraction of sp³-hybridized carbons (Fsp3) is 0.0476. The summed E-state index contributed by atoms with van der Waals surface area (Å²) in [6, 6.07) is 23.3. The van der Waals surface area contributed by atoms with E-state index in [9.17, 15) is 5.26 Å². The van der Waals surface area contributed by atoms with Crippen LogP contribution in [0.25, 0.3) is 16.4 Å². The van der Waals surface area contributed by atoms with Crippen LogP contribution in [0.2, 0.25) is 0 Å². The van der Waals surface area contributed by atoms with Crippen molar-refractivity contribution >= 4 is 16.4 Å². The van der Waals surface area contributed by atoms with Crippen LogP contribution < -0.4 is 4.74 Å². The Morgan fingerprint density at radius 1 is 0.880 bits per heavy atom. The van der Waals surface area contributed by atoms with E-state index >= 15 is 0 Å². The summed E-state index contributed by atoms with van der Waals surface area (Å²) in [6.45, 7) is 0.384. The van der Waals surface area contributed by atoms with Crippen LogP contribution in [0.5, 0.6) is 5.75 Å². The maximum Gasteiger partial charge on any atom is 0.121 e. The summed E-state index contributed by atoms with van der Waals surface area (Å²) in [5.74, 6) is 0.725. The molecule has 0 aliphatic heterocycles. The van der Waals surface area contributed by atoms with Gasteiger partial charge >= 0.3 is 0 Å². The highest BCUT2D eigenvalue weighted by Crippen LogP contribution is 2.29. The molecular weight excluding hydrogens is 310 g/mol. The van der Waals surface area contributed by atoms with Gasteiger partial charge in [0.05, 0.1) is 28.2 Å². The molecule has 0 saturated heterocycles. The molecule has 0 bridgehead atoms. The van der Waals surface area contributed by atoms with Crippen molar-refractivity contribution in [2.24, 2.45) is 0 Å². The Hall–Kier alpha value is -3.76. The maximum absolute atomic E-state index is 9.47. The minimum absolute atomic E-state index is 0.384. The lowest BCUT2D eigenvalue weighted by Gasteiger charge is -2.07. The van der Waals surface area contributed by atoms with E-state index in [0.29, 0.717) is 17.7 Å². The first kappa shape index (κ1) is 14.8. The van der Waals surface area contributed by atoms with E-state index in [2.05, 4.69) is 12.1 Å². The van der Waals surface area contributed by atoms with E-state index in [0.717, 1.165) is 27.7 Å². The Morgan fingerprint density at radius 2 is 1.80 bits per heavy atom. The lowest BCUT2D eigenvalue weighted by molar-refractivity contribution is 0.306. The predicted octanol–water partition coefficient (Wildman–Crippen LogP) is 4.41. The molecule has 4 rings (SSSR count). The fourth-order valence-corrected chi connectivity index (χ4v) is 3.02.